The highest BCUT2D eigenvalue weighted by Gasteiger charge is 2.25. The number of allylic oxidation sites excluding steroid dienone is 7. The Morgan fingerprint density at radius 2 is 1.76 bits per heavy atom. The molecule has 0 N–H and O–H groups in total. The molecule has 0 spiro atoms. The molecule has 2 fully saturated rings. The molecule has 0 aromatic rings. The lowest BCUT2D eigenvalue weighted by molar-refractivity contribution is 0.321. The summed E-state index contributed by atoms with van der Waals surface area (Å²) < 4.78 is 10.6. The van der Waals surface area contributed by atoms with Crippen molar-refractivity contribution in [3.63, 3.8) is 0 Å². The average Bonchev–Trinajstić information content (AvgIpc) is 3.50. The Balaban J connectivity index is 1.44. The molecule has 0 aromatic heterocycles. The first kappa shape index (κ1) is 18.0. The lowest BCUT2D eigenvalue weighted by atomic mass is 9.96. The number of ether oxygens (including phenoxy) is 2. The Morgan fingerprint density at radius 1 is 1.08 bits per heavy atom. The average molecular weight is 342 g/mol. The third kappa shape index (κ3) is 5.91. The van der Waals surface area contributed by atoms with Crippen LogP contribution < -0.4 is 0 Å². The normalized spacial score (nSPS) is 24.6. The molecular weight excluding hydrogens is 312 g/mol. The molecule has 136 valence electrons. The maximum absolute atomic E-state index is 5.31. The van der Waals surface area contributed by atoms with Crippen molar-refractivity contribution < 1.29 is 9.47 Å². The highest BCUT2D eigenvalue weighted by Crippen LogP contribution is 2.26. The first-order chi connectivity index (χ1) is 12.0. The van der Waals surface area contributed by atoms with Crippen molar-refractivity contribution in [1.82, 2.24) is 9.80 Å². The van der Waals surface area contributed by atoms with Crippen LogP contribution in [0.15, 0.2) is 60.0 Å². The van der Waals surface area contributed by atoms with Crippen LogP contribution in [0.1, 0.15) is 19.3 Å². The second-order valence-corrected chi connectivity index (χ2v) is 7.31. The van der Waals surface area contributed by atoms with Gasteiger partial charge in [0, 0.05) is 38.6 Å². The van der Waals surface area contributed by atoms with Gasteiger partial charge in [-0.3, -0.25) is 0 Å². The molecule has 2 aliphatic heterocycles. The zero-order chi connectivity index (χ0) is 17.8. The van der Waals surface area contributed by atoms with Crippen molar-refractivity contribution >= 4 is 0 Å². The summed E-state index contributed by atoms with van der Waals surface area (Å²) in [5.74, 6) is 0. The Bertz CT molecular complexity index is 609. The predicted molar refractivity (Wildman–Crippen MR) is 102 cm³/mol. The van der Waals surface area contributed by atoms with E-state index in [9.17, 15) is 0 Å². The highest BCUT2D eigenvalue weighted by molar-refractivity contribution is 5.31. The van der Waals surface area contributed by atoms with Crippen LogP contribution in [0.2, 0.25) is 0 Å². The number of epoxide rings is 2. The van der Waals surface area contributed by atoms with Crippen LogP contribution in [0.25, 0.3) is 0 Å². The maximum atomic E-state index is 5.31. The van der Waals surface area contributed by atoms with E-state index < -0.39 is 0 Å². The summed E-state index contributed by atoms with van der Waals surface area (Å²) in [5, 5.41) is 0. The molecule has 3 rings (SSSR count). The molecular formula is C21H30N2O2. The van der Waals surface area contributed by atoms with Crippen LogP contribution in [-0.2, 0) is 9.47 Å². The summed E-state index contributed by atoms with van der Waals surface area (Å²) in [4.78, 5) is 4.46. The highest BCUT2D eigenvalue weighted by atomic mass is 16.6. The van der Waals surface area contributed by atoms with Crippen molar-refractivity contribution in [1.29, 1.82) is 0 Å². The van der Waals surface area contributed by atoms with E-state index in [1.54, 1.807) is 0 Å². The summed E-state index contributed by atoms with van der Waals surface area (Å²) in [6, 6.07) is 0. The van der Waals surface area contributed by atoms with E-state index in [2.05, 4.69) is 61.4 Å². The molecule has 2 atom stereocenters. The fraction of sp³-hybridized carbons (Fsp3) is 0.524. The van der Waals surface area contributed by atoms with E-state index in [-0.39, 0.29) is 0 Å². The SMILES string of the molecule is C=C(/C=C\C(=C)N(C)CC1CO1)CC1=CC=C(N(C)CC2CO2)CC1. The molecule has 0 radical (unpaired) electrons. The molecule has 1 aliphatic carbocycles. The molecule has 4 nitrogen and oxygen atoms in total. The van der Waals surface area contributed by atoms with Crippen molar-refractivity contribution in [3.8, 4) is 0 Å². The molecule has 0 aromatic carbocycles. The minimum absolute atomic E-state index is 0.385. The minimum Gasteiger partial charge on any atom is -0.375 e. The van der Waals surface area contributed by atoms with Gasteiger partial charge in [0.2, 0.25) is 0 Å². The van der Waals surface area contributed by atoms with Gasteiger partial charge in [-0.1, -0.05) is 36.5 Å². The maximum Gasteiger partial charge on any atom is 0.0984 e. The molecule has 3 aliphatic rings. The standard InChI is InChI=1S/C21H30N2O2/c1-16(5-6-17(2)22(3)12-20-14-24-20)11-18-7-9-19(10-8-18)23(4)13-21-15-25-21/h5-7,9,20-21H,1-2,8,10-15H2,3-4H3/b6-5-. The number of hydrogen-bond donors (Lipinski definition) is 0. The van der Waals surface area contributed by atoms with Gasteiger partial charge in [0.15, 0.2) is 0 Å². The van der Waals surface area contributed by atoms with Gasteiger partial charge in [0.05, 0.1) is 25.4 Å². The van der Waals surface area contributed by atoms with Gasteiger partial charge in [0.1, 0.15) is 0 Å². The molecule has 2 saturated heterocycles. The molecule has 25 heavy (non-hydrogen) atoms. The molecule has 0 bridgehead atoms. The summed E-state index contributed by atoms with van der Waals surface area (Å²) in [7, 11) is 4.21. The van der Waals surface area contributed by atoms with E-state index in [0.29, 0.717) is 12.2 Å². The van der Waals surface area contributed by atoms with E-state index >= 15 is 0 Å². The zero-order valence-corrected chi connectivity index (χ0v) is 15.5. The van der Waals surface area contributed by atoms with Crippen LogP contribution in [-0.4, -0.2) is 62.4 Å². The fourth-order valence-corrected chi connectivity index (χ4v) is 3.02. The summed E-state index contributed by atoms with van der Waals surface area (Å²) in [5.41, 5.74) is 4.97. The molecule has 2 unspecified atom stereocenters. The topological polar surface area (TPSA) is 31.5 Å². The van der Waals surface area contributed by atoms with Gasteiger partial charge in [0.25, 0.3) is 0 Å². The van der Waals surface area contributed by atoms with Crippen molar-refractivity contribution in [3.05, 3.63) is 60.0 Å². The second kappa shape index (κ2) is 8.07. The Hall–Kier alpha value is -1.78. The van der Waals surface area contributed by atoms with Gasteiger partial charge in [-0.05, 0) is 31.4 Å². The van der Waals surface area contributed by atoms with Crippen LogP contribution in [0.3, 0.4) is 0 Å². The quantitative estimate of drug-likeness (QED) is 0.450. The number of nitrogens with zero attached hydrogens (tertiary/aromatic N) is 2. The summed E-state index contributed by atoms with van der Waals surface area (Å²) >= 11 is 0. The van der Waals surface area contributed by atoms with Gasteiger partial charge in [-0.25, -0.2) is 0 Å². The van der Waals surface area contributed by atoms with Gasteiger partial charge < -0.3 is 19.3 Å². The Morgan fingerprint density at radius 3 is 2.36 bits per heavy atom. The first-order valence-electron chi connectivity index (χ1n) is 9.10. The van der Waals surface area contributed by atoms with Gasteiger partial charge in [-0.2, -0.15) is 0 Å². The predicted octanol–water partition coefficient (Wildman–Crippen LogP) is 3.27. The Labute approximate surface area is 151 Å². The van der Waals surface area contributed by atoms with Crippen LogP contribution in [0, 0.1) is 0 Å². The first-order valence-corrected chi connectivity index (χ1v) is 9.10. The fourth-order valence-electron chi connectivity index (χ4n) is 3.02. The number of likely N-dealkylation sites (N-methyl/N-ethyl adjacent to an activating group) is 2. The molecule has 0 saturated carbocycles. The third-order valence-corrected chi connectivity index (χ3v) is 4.92. The zero-order valence-electron chi connectivity index (χ0n) is 15.5. The van der Waals surface area contributed by atoms with E-state index in [0.717, 1.165) is 56.8 Å². The van der Waals surface area contributed by atoms with Crippen molar-refractivity contribution in [2.45, 2.75) is 31.5 Å². The van der Waals surface area contributed by atoms with Crippen LogP contribution in [0.5, 0.6) is 0 Å². The monoisotopic (exact) mass is 342 g/mol. The minimum atomic E-state index is 0.385. The molecule has 4 heteroatoms. The van der Waals surface area contributed by atoms with E-state index in [1.165, 1.54) is 11.3 Å². The van der Waals surface area contributed by atoms with Crippen LogP contribution >= 0.6 is 0 Å². The summed E-state index contributed by atoms with van der Waals surface area (Å²) in [6.45, 7) is 12.0. The smallest absolute Gasteiger partial charge is 0.0984 e. The van der Waals surface area contributed by atoms with E-state index in [1.807, 2.05) is 0 Å². The molecule has 2 heterocycles. The lowest BCUT2D eigenvalue weighted by Gasteiger charge is -2.24. The van der Waals surface area contributed by atoms with Crippen LogP contribution in [0.4, 0.5) is 0 Å². The van der Waals surface area contributed by atoms with Crippen molar-refractivity contribution in [2.75, 3.05) is 40.4 Å². The van der Waals surface area contributed by atoms with Crippen molar-refractivity contribution in [2.24, 2.45) is 0 Å². The number of hydrogen-bond acceptors (Lipinski definition) is 4. The van der Waals surface area contributed by atoms with E-state index in [4.69, 9.17) is 9.47 Å². The number of rotatable bonds is 10. The largest absolute Gasteiger partial charge is 0.375 e. The van der Waals surface area contributed by atoms with Gasteiger partial charge >= 0.3 is 0 Å². The Kier molecular flexibility index (Phi) is 5.82. The second-order valence-electron chi connectivity index (χ2n) is 7.31. The van der Waals surface area contributed by atoms with Gasteiger partial charge in [-0.15, -0.1) is 0 Å². The summed E-state index contributed by atoms with van der Waals surface area (Å²) in [6.07, 6.45) is 12.6. The molecule has 0 amide bonds. The third-order valence-electron chi connectivity index (χ3n) is 4.92. The lowest BCUT2D eigenvalue weighted by Crippen LogP contribution is -2.23.